The molecule has 112 valence electrons. The Hall–Kier alpha value is -3.21. The summed E-state index contributed by atoms with van der Waals surface area (Å²) in [6.45, 7) is 0.195. The van der Waals surface area contributed by atoms with Gasteiger partial charge in [0.1, 0.15) is 0 Å². The number of carbonyl (C=O) groups excluding carboxylic acids is 1. The molecule has 0 atom stereocenters. The number of allylic oxidation sites excluding steroid dienone is 1. The zero-order chi connectivity index (χ0) is 15.6. The van der Waals surface area contributed by atoms with Crippen LogP contribution < -0.4 is 9.47 Å². The number of carbonyl (C=O) groups is 1. The zero-order valence-corrected chi connectivity index (χ0v) is 12.1. The molecule has 0 unspecified atom stereocenters. The standard InChI is InChI=1S/C18H12N2O3/c21-16(13-3-6-17-18(10-13)23-11-22-17)5-2-12-1-4-14-15(9-12)20-8-7-19-14/h1-10H,11H2/b5-2+. The molecule has 0 bridgehead atoms. The van der Waals surface area contributed by atoms with Crippen molar-refractivity contribution in [1.29, 1.82) is 0 Å². The highest BCUT2D eigenvalue weighted by Crippen LogP contribution is 2.32. The Labute approximate surface area is 132 Å². The van der Waals surface area contributed by atoms with Gasteiger partial charge in [-0.1, -0.05) is 12.1 Å². The van der Waals surface area contributed by atoms with E-state index in [0.29, 0.717) is 17.1 Å². The highest BCUT2D eigenvalue weighted by Gasteiger charge is 2.15. The van der Waals surface area contributed by atoms with Gasteiger partial charge >= 0.3 is 0 Å². The summed E-state index contributed by atoms with van der Waals surface area (Å²) < 4.78 is 10.5. The fourth-order valence-electron chi connectivity index (χ4n) is 2.40. The van der Waals surface area contributed by atoms with Crippen LogP contribution in [0.15, 0.2) is 54.9 Å². The van der Waals surface area contributed by atoms with Gasteiger partial charge in [0.15, 0.2) is 17.3 Å². The van der Waals surface area contributed by atoms with Crippen LogP contribution in [0.2, 0.25) is 0 Å². The van der Waals surface area contributed by atoms with E-state index < -0.39 is 0 Å². The third kappa shape index (κ3) is 2.64. The third-order valence-electron chi connectivity index (χ3n) is 3.58. The first kappa shape index (κ1) is 13.5. The Bertz CT molecular complexity index is 934. The van der Waals surface area contributed by atoms with Crippen molar-refractivity contribution in [2.75, 3.05) is 6.79 Å². The molecular weight excluding hydrogens is 292 g/mol. The number of ether oxygens (including phenoxy) is 2. The summed E-state index contributed by atoms with van der Waals surface area (Å²) in [5, 5.41) is 0. The molecule has 23 heavy (non-hydrogen) atoms. The summed E-state index contributed by atoms with van der Waals surface area (Å²) in [5.74, 6) is 1.17. The molecule has 0 saturated carbocycles. The predicted octanol–water partition coefficient (Wildman–Crippen LogP) is 3.25. The summed E-state index contributed by atoms with van der Waals surface area (Å²) in [5.41, 5.74) is 3.08. The number of ketones is 1. The molecule has 0 saturated heterocycles. The van der Waals surface area contributed by atoms with E-state index in [0.717, 1.165) is 16.6 Å². The summed E-state index contributed by atoms with van der Waals surface area (Å²) >= 11 is 0. The molecule has 0 spiro atoms. The molecule has 4 rings (SSSR count). The van der Waals surface area contributed by atoms with E-state index in [1.54, 1.807) is 36.7 Å². The molecule has 0 radical (unpaired) electrons. The van der Waals surface area contributed by atoms with Gasteiger partial charge in [0.05, 0.1) is 11.0 Å². The summed E-state index contributed by atoms with van der Waals surface area (Å²) in [4.78, 5) is 20.7. The summed E-state index contributed by atoms with van der Waals surface area (Å²) in [7, 11) is 0. The van der Waals surface area contributed by atoms with Crippen molar-refractivity contribution in [3.8, 4) is 11.5 Å². The second-order valence-corrected chi connectivity index (χ2v) is 5.07. The van der Waals surface area contributed by atoms with Crippen molar-refractivity contribution in [1.82, 2.24) is 9.97 Å². The maximum Gasteiger partial charge on any atom is 0.231 e. The molecule has 5 nitrogen and oxygen atoms in total. The van der Waals surface area contributed by atoms with Gasteiger partial charge in [0, 0.05) is 18.0 Å². The lowest BCUT2D eigenvalue weighted by molar-refractivity contribution is 0.104. The van der Waals surface area contributed by atoms with Crippen LogP contribution in [0.5, 0.6) is 11.5 Å². The molecule has 1 aliphatic heterocycles. The topological polar surface area (TPSA) is 61.3 Å². The molecule has 0 aliphatic carbocycles. The smallest absolute Gasteiger partial charge is 0.231 e. The van der Waals surface area contributed by atoms with Gasteiger partial charge in [-0.2, -0.15) is 0 Å². The van der Waals surface area contributed by atoms with Crippen LogP contribution in [0.3, 0.4) is 0 Å². The molecule has 1 aromatic heterocycles. The van der Waals surface area contributed by atoms with Gasteiger partial charge in [0.25, 0.3) is 0 Å². The first-order valence-electron chi connectivity index (χ1n) is 7.12. The zero-order valence-electron chi connectivity index (χ0n) is 12.1. The Morgan fingerprint density at radius 1 is 0.957 bits per heavy atom. The minimum atomic E-state index is -0.0949. The average Bonchev–Trinajstić information content (AvgIpc) is 3.07. The maximum absolute atomic E-state index is 12.3. The highest BCUT2D eigenvalue weighted by atomic mass is 16.7. The number of rotatable bonds is 3. The van der Waals surface area contributed by atoms with Crippen LogP contribution in [0.4, 0.5) is 0 Å². The van der Waals surface area contributed by atoms with Crippen LogP contribution in [0, 0.1) is 0 Å². The molecule has 5 heteroatoms. The molecule has 0 amide bonds. The predicted molar refractivity (Wildman–Crippen MR) is 85.5 cm³/mol. The molecule has 1 aliphatic rings. The lowest BCUT2D eigenvalue weighted by Crippen LogP contribution is -1.94. The van der Waals surface area contributed by atoms with Crippen LogP contribution in [-0.4, -0.2) is 22.5 Å². The van der Waals surface area contributed by atoms with Gasteiger partial charge in [-0.05, 0) is 42.0 Å². The molecule has 2 heterocycles. The summed E-state index contributed by atoms with van der Waals surface area (Å²) in [6, 6.07) is 10.8. The Kier molecular flexibility index (Phi) is 3.24. The van der Waals surface area contributed by atoms with Crippen molar-refractivity contribution in [2.24, 2.45) is 0 Å². The van der Waals surface area contributed by atoms with Crippen molar-refractivity contribution in [3.05, 3.63) is 66.0 Å². The normalized spacial score (nSPS) is 12.9. The van der Waals surface area contributed by atoms with E-state index in [-0.39, 0.29) is 12.6 Å². The number of hydrogen-bond donors (Lipinski definition) is 0. The molecule has 0 N–H and O–H groups in total. The monoisotopic (exact) mass is 304 g/mol. The number of nitrogens with zero attached hydrogens (tertiary/aromatic N) is 2. The van der Waals surface area contributed by atoms with Gasteiger partial charge < -0.3 is 9.47 Å². The van der Waals surface area contributed by atoms with Crippen LogP contribution in [-0.2, 0) is 0 Å². The first-order valence-corrected chi connectivity index (χ1v) is 7.12. The number of benzene rings is 2. The molecular formula is C18H12N2O3. The summed E-state index contributed by atoms with van der Waals surface area (Å²) in [6.07, 6.45) is 6.60. The second-order valence-electron chi connectivity index (χ2n) is 5.07. The quantitative estimate of drug-likeness (QED) is 0.549. The van der Waals surface area contributed by atoms with Gasteiger partial charge in [-0.15, -0.1) is 0 Å². The van der Waals surface area contributed by atoms with Crippen molar-refractivity contribution < 1.29 is 14.3 Å². The van der Waals surface area contributed by atoms with E-state index in [9.17, 15) is 4.79 Å². The average molecular weight is 304 g/mol. The Morgan fingerprint density at radius 3 is 2.70 bits per heavy atom. The van der Waals surface area contributed by atoms with E-state index in [2.05, 4.69) is 9.97 Å². The Balaban J connectivity index is 1.58. The minimum absolute atomic E-state index is 0.0949. The van der Waals surface area contributed by atoms with E-state index >= 15 is 0 Å². The van der Waals surface area contributed by atoms with Crippen molar-refractivity contribution in [2.45, 2.75) is 0 Å². The fourth-order valence-corrected chi connectivity index (χ4v) is 2.40. The first-order chi connectivity index (χ1) is 11.3. The van der Waals surface area contributed by atoms with Crippen molar-refractivity contribution >= 4 is 22.9 Å². The van der Waals surface area contributed by atoms with Crippen LogP contribution >= 0.6 is 0 Å². The van der Waals surface area contributed by atoms with E-state index in [4.69, 9.17) is 9.47 Å². The number of aromatic nitrogens is 2. The molecule has 0 fully saturated rings. The van der Waals surface area contributed by atoms with E-state index in [1.807, 2.05) is 18.2 Å². The number of fused-ring (bicyclic) bond motifs is 2. The van der Waals surface area contributed by atoms with Crippen LogP contribution in [0.25, 0.3) is 17.1 Å². The Morgan fingerprint density at radius 2 is 1.78 bits per heavy atom. The SMILES string of the molecule is O=C(/C=C/c1ccc2nccnc2c1)c1ccc2c(c1)OCO2. The van der Waals surface area contributed by atoms with Gasteiger partial charge in [-0.25, -0.2) is 0 Å². The molecule has 2 aromatic carbocycles. The molecule has 3 aromatic rings. The lowest BCUT2D eigenvalue weighted by atomic mass is 10.1. The minimum Gasteiger partial charge on any atom is -0.454 e. The van der Waals surface area contributed by atoms with Crippen LogP contribution in [0.1, 0.15) is 15.9 Å². The highest BCUT2D eigenvalue weighted by molar-refractivity contribution is 6.07. The second kappa shape index (κ2) is 5.53. The van der Waals surface area contributed by atoms with Gasteiger partial charge in [0.2, 0.25) is 6.79 Å². The fraction of sp³-hybridized carbons (Fsp3) is 0.0556. The van der Waals surface area contributed by atoms with E-state index in [1.165, 1.54) is 6.08 Å². The third-order valence-corrected chi connectivity index (χ3v) is 3.58. The van der Waals surface area contributed by atoms with Crippen molar-refractivity contribution in [3.63, 3.8) is 0 Å². The largest absolute Gasteiger partial charge is 0.454 e. The lowest BCUT2D eigenvalue weighted by Gasteiger charge is -2.00. The number of hydrogen-bond acceptors (Lipinski definition) is 5. The van der Waals surface area contributed by atoms with Gasteiger partial charge in [-0.3, -0.25) is 14.8 Å². The maximum atomic E-state index is 12.3.